The largest absolute Gasteiger partial charge is 0.496 e. The van der Waals surface area contributed by atoms with Crippen LogP contribution in [0.15, 0.2) is 58.4 Å². The van der Waals surface area contributed by atoms with Gasteiger partial charge in [0.15, 0.2) is 0 Å². The Labute approximate surface area is 229 Å². The highest BCUT2D eigenvalue weighted by atomic mass is 35.5. The van der Waals surface area contributed by atoms with Crippen molar-refractivity contribution in [3.63, 3.8) is 0 Å². The molecule has 7 nitrogen and oxygen atoms in total. The Balaban J connectivity index is 1.82. The average Bonchev–Trinajstić information content (AvgIpc) is 3.40. The maximum absolute atomic E-state index is 12.8. The number of amides is 1. The van der Waals surface area contributed by atoms with Crippen molar-refractivity contribution in [2.75, 3.05) is 20.8 Å². The van der Waals surface area contributed by atoms with Crippen LogP contribution in [0.1, 0.15) is 22.9 Å². The summed E-state index contributed by atoms with van der Waals surface area (Å²) in [6.07, 6.45) is 0.0561. The topological polar surface area (TPSA) is 94.1 Å². The lowest BCUT2D eigenvalue weighted by atomic mass is 9.98. The van der Waals surface area contributed by atoms with Gasteiger partial charge in [0.05, 0.1) is 32.0 Å². The van der Waals surface area contributed by atoms with Crippen molar-refractivity contribution in [2.24, 2.45) is 0 Å². The van der Waals surface area contributed by atoms with Crippen LogP contribution in [0.25, 0.3) is 16.7 Å². The van der Waals surface area contributed by atoms with Gasteiger partial charge < -0.3 is 24.6 Å². The Bertz CT molecular complexity index is 1230. The first-order chi connectivity index (χ1) is 17.8. The molecule has 0 radical (unpaired) electrons. The van der Waals surface area contributed by atoms with E-state index in [9.17, 15) is 14.7 Å². The van der Waals surface area contributed by atoms with Crippen LogP contribution in [0, 0.1) is 0 Å². The zero-order chi connectivity index (χ0) is 26.9. The van der Waals surface area contributed by atoms with Crippen LogP contribution in [-0.2, 0) is 27.4 Å². The summed E-state index contributed by atoms with van der Waals surface area (Å²) >= 11 is 13.1. The predicted molar refractivity (Wildman–Crippen MR) is 147 cm³/mol. The minimum Gasteiger partial charge on any atom is -0.496 e. The Morgan fingerprint density at radius 1 is 1.03 bits per heavy atom. The number of carboxylic acid groups (broad SMARTS) is 1. The van der Waals surface area contributed by atoms with Crippen molar-refractivity contribution in [1.29, 1.82) is 0 Å². The molecule has 0 fully saturated rings. The maximum atomic E-state index is 12.8. The van der Waals surface area contributed by atoms with E-state index >= 15 is 0 Å². The van der Waals surface area contributed by atoms with E-state index < -0.39 is 17.9 Å². The van der Waals surface area contributed by atoms with Crippen molar-refractivity contribution < 1.29 is 28.9 Å². The predicted octanol–water partition coefficient (Wildman–Crippen LogP) is 5.93. The third-order valence-corrected chi connectivity index (χ3v) is 6.77. The first kappa shape index (κ1) is 28.5. The summed E-state index contributed by atoms with van der Waals surface area (Å²) in [6, 6.07) is 13.3. The van der Waals surface area contributed by atoms with E-state index in [1.807, 2.05) is 31.2 Å². The zero-order valence-electron chi connectivity index (χ0n) is 20.5. The summed E-state index contributed by atoms with van der Waals surface area (Å²) in [5.74, 6) is -0.582. The monoisotopic (exact) mass is 563 g/mol. The van der Waals surface area contributed by atoms with E-state index in [0.29, 0.717) is 35.2 Å². The number of carbonyl (C=O) groups is 2. The maximum Gasteiger partial charge on any atom is 0.326 e. The van der Waals surface area contributed by atoms with Gasteiger partial charge >= 0.3 is 5.97 Å². The fraction of sp³-hybridized carbons (Fsp3) is 0.259. The number of ether oxygens (including phenoxy) is 3. The number of benzene rings is 2. The molecular formula is C27H27Cl2NO6S. The van der Waals surface area contributed by atoms with Gasteiger partial charge in [0.2, 0.25) is 0 Å². The molecule has 0 aliphatic heterocycles. The number of nitrogens with one attached hydrogen (secondary N) is 1. The van der Waals surface area contributed by atoms with Crippen molar-refractivity contribution in [1.82, 2.24) is 5.32 Å². The molecule has 2 N–H and O–H groups in total. The van der Waals surface area contributed by atoms with E-state index in [0.717, 1.165) is 16.7 Å². The fourth-order valence-electron chi connectivity index (χ4n) is 3.74. The second-order valence-corrected chi connectivity index (χ2v) is 9.79. The normalized spacial score (nSPS) is 11.5. The summed E-state index contributed by atoms with van der Waals surface area (Å²) in [7, 11) is 3.17. The molecule has 3 aromatic rings. The smallest absolute Gasteiger partial charge is 0.326 e. The molecule has 1 aromatic heterocycles. The molecule has 2 aromatic carbocycles. The highest BCUT2D eigenvalue weighted by Crippen LogP contribution is 2.40. The van der Waals surface area contributed by atoms with E-state index in [-0.39, 0.29) is 16.5 Å². The lowest BCUT2D eigenvalue weighted by Gasteiger charge is -2.17. The van der Waals surface area contributed by atoms with Gasteiger partial charge in [-0.05, 0) is 47.2 Å². The number of hydrogen-bond acceptors (Lipinski definition) is 6. The summed E-state index contributed by atoms with van der Waals surface area (Å²) in [5, 5.41) is 14.1. The van der Waals surface area contributed by atoms with Crippen molar-refractivity contribution in [3.05, 3.63) is 74.4 Å². The van der Waals surface area contributed by atoms with Gasteiger partial charge in [-0.2, -0.15) is 0 Å². The first-order valence-corrected chi connectivity index (χ1v) is 13.0. The Morgan fingerprint density at radius 3 is 2.16 bits per heavy atom. The van der Waals surface area contributed by atoms with Crippen LogP contribution in [-0.4, -0.2) is 43.9 Å². The molecule has 1 heterocycles. The Morgan fingerprint density at radius 2 is 1.68 bits per heavy atom. The lowest BCUT2D eigenvalue weighted by molar-refractivity contribution is -0.141. The quantitative estimate of drug-likeness (QED) is 0.265. The van der Waals surface area contributed by atoms with E-state index in [1.54, 1.807) is 43.9 Å². The molecule has 0 saturated heterocycles. The second kappa shape index (κ2) is 13.5. The van der Waals surface area contributed by atoms with Crippen LogP contribution < -0.4 is 14.8 Å². The van der Waals surface area contributed by atoms with Crippen LogP contribution in [0.2, 0.25) is 0 Å². The minimum absolute atomic E-state index is 0.0342. The number of thiophene rings is 1. The molecule has 0 aliphatic carbocycles. The van der Waals surface area contributed by atoms with Gasteiger partial charge in [0.1, 0.15) is 22.0 Å². The molecule has 1 amide bonds. The SMILES string of the molecule is CCOCc1cc(OC)c(-c2ccc(C[C@H](NC(=O)C(=C(Cl)Cl)c3cccs3)C(=O)O)cc2)c(OC)c1. The van der Waals surface area contributed by atoms with E-state index in [2.05, 4.69) is 5.32 Å². The van der Waals surface area contributed by atoms with Crippen LogP contribution in [0.4, 0.5) is 0 Å². The molecule has 0 saturated carbocycles. The number of aliphatic carboxylic acids is 1. The molecule has 10 heteroatoms. The number of carbonyl (C=O) groups excluding carboxylic acids is 1. The van der Waals surface area contributed by atoms with Gasteiger partial charge in [0, 0.05) is 17.9 Å². The minimum atomic E-state index is -1.19. The standard InChI is InChI=1S/C27H27Cl2NO6S/c1-4-36-15-17-13-20(34-2)23(21(14-17)35-3)18-9-7-16(8-10-18)12-19(27(32)33)30-26(31)24(25(28)29)22-6-5-11-37-22/h5-11,13-14,19H,4,12,15H2,1-3H3,(H,30,31)(H,32,33)/t19-/m0/s1. The molecular weight excluding hydrogens is 537 g/mol. The first-order valence-electron chi connectivity index (χ1n) is 11.3. The molecule has 0 bridgehead atoms. The van der Waals surface area contributed by atoms with Crippen molar-refractivity contribution in [3.8, 4) is 22.6 Å². The number of hydrogen-bond donors (Lipinski definition) is 2. The van der Waals surface area contributed by atoms with Crippen LogP contribution in [0.5, 0.6) is 11.5 Å². The van der Waals surface area contributed by atoms with E-state index in [4.69, 9.17) is 37.4 Å². The van der Waals surface area contributed by atoms with Crippen LogP contribution in [0.3, 0.4) is 0 Å². The number of carboxylic acids is 1. The van der Waals surface area contributed by atoms with Gasteiger partial charge in [-0.15, -0.1) is 11.3 Å². The molecule has 0 aliphatic rings. The second-order valence-electron chi connectivity index (χ2n) is 7.89. The molecule has 0 unspecified atom stereocenters. The Kier molecular flexibility index (Phi) is 10.4. The highest BCUT2D eigenvalue weighted by molar-refractivity contribution is 7.11. The molecule has 37 heavy (non-hydrogen) atoms. The molecule has 0 spiro atoms. The van der Waals surface area contributed by atoms with Gasteiger partial charge in [0.25, 0.3) is 5.91 Å². The number of methoxy groups -OCH3 is 2. The van der Waals surface area contributed by atoms with E-state index in [1.165, 1.54) is 11.3 Å². The van der Waals surface area contributed by atoms with Gasteiger partial charge in [-0.3, -0.25) is 4.79 Å². The summed E-state index contributed by atoms with van der Waals surface area (Å²) in [5.41, 5.74) is 3.26. The van der Waals surface area contributed by atoms with Crippen molar-refractivity contribution >= 4 is 52.0 Å². The summed E-state index contributed by atoms with van der Waals surface area (Å²) in [4.78, 5) is 25.3. The van der Waals surface area contributed by atoms with Crippen molar-refractivity contribution in [2.45, 2.75) is 26.0 Å². The zero-order valence-corrected chi connectivity index (χ0v) is 22.9. The van der Waals surface area contributed by atoms with Gasteiger partial charge in [-0.25, -0.2) is 4.79 Å². The third kappa shape index (κ3) is 7.26. The molecule has 196 valence electrons. The summed E-state index contributed by atoms with van der Waals surface area (Å²) < 4.78 is 16.5. The average molecular weight is 564 g/mol. The molecule has 3 rings (SSSR count). The third-order valence-electron chi connectivity index (χ3n) is 5.51. The highest BCUT2D eigenvalue weighted by Gasteiger charge is 2.25. The number of rotatable bonds is 12. The molecule has 1 atom stereocenters. The summed E-state index contributed by atoms with van der Waals surface area (Å²) in [6.45, 7) is 2.95. The fourth-order valence-corrected chi connectivity index (χ4v) is 5.00. The Hall–Kier alpha value is -3.04. The van der Waals surface area contributed by atoms with Gasteiger partial charge in [-0.1, -0.05) is 53.5 Å². The number of halogens is 2. The van der Waals surface area contributed by atoms with Crippen LogP contribution >= 0.6 is 34.5 Å². The lowest BCUT2D eigenvalue weighted by Crippen LogP contribution is -2.42.